The normalized spacial score (nSPS) is 14.7. The Bertz CT molecular complexity index is 553. The summed E-state index contributed by atoms with van der Waals surface area (Å²) in [7, 11) is 0. The van der Waals surface area contributed by atoms with E-state index >= 15 is 0 Å². The molecule has 0 bridgehead atoms. The summed E-state index contributed by atoms with van der Waals surface area (Å²) in [5.74, 6) is -0.509. The summed E-state index contributed by atoms with van der Waals surface area (Å²) in [5.41, 5.74) is -1.49. The minimum Gasteiger partial charge on any atom is -0.590 e. The molecule has 0 saturated carbocycles. The van der Waals surface area contributed by atoms with Gasteiger partial charge in [-0.05, 0) is 71.9 Å². The molecule has 0 aromatic heterocycles. The fourth-order valence-corrected chi connectivity index (χ4v) is 1.82. The second-order valence-corrected chi connectivity index (χ2v) is 8.21. The van der Waals surface area contributed by atoms with Crippen LogP contribution in [0.25, 0.3) is 0 Å². The van der Waals surface area contributed by atoms with Gasteiger partial charge in [-0.2, -0.15) is 0 Å². The Morgan fingerprint density at radius 3 is 1.60 bits per heavy atom. The van der Waals surface area contributed by atoms with Crippen molar-refractivity contribution in [3.05, 3.63) is 26.5 Å². The lowest BCUT2D eigenvalue weighted by molar-refractivity contribution is -0.797. The summed E-state index contributed by atoms with van der Waals surface area (Å²) in [4.78, 5) is 5.13. The van der Waals surface area contributed by atoms with Crippen LogP contribution in [0.5, 0.6) is 0 Å². The van der Waals surface area contributed by atoms with Crippen LogP contribution in [0, 0.1) is 15.6 Å². The molecule has 0 atom stereocenters. The molecule has 0 heterocycles. The Morgan fingerprint density at radius 1 is 0.920 bits per heavy atom. The standard InChI is InChI=1S/C14H28N6O4S/c1-10(2)24-20(23)15-11(25-9)12(18(21)16-13(3,4)5)19(22)17-14(6,7)8/h10H,1-9H3/b12-11?,18-16?,19-17?,20-15+. The van der Waals surface area contributed by atoms with Crippen LogP contribution in [-0.2, 0) is 4.84 Å². The Kier molecular flexibility index (Phi) is 8.29. The molecule has 144 valence electrons. The van der Waals surface area contributed by atoms with E-state index in [1.165, 1.54) is 0 Å². The highest BCUT2D eigenvalue weighted by Gasteiger charge is 2.34. The Balaban J connectivity index is 6.43. The van der Waals surface area contributed by atoms with Crippen LogP contribution in [0.1, 0.15) is 55.4 Å². The average molecular weight is 376 g/mol. The molecule has 0 N–H and O–H groups in total. The van der Waals surface area contributed by atoms with Crippen molar-refractivity contribution in [2.75, 3.05) is 6.26 Å². The molecule has 0 spiro atoms. The first-order chi connectivity index (χ1) is 11.2. The van der Waals surface area contributed by atoms with Gasteiger partial charge < -0.3 is 15.3 Å². The number of hydroxylamine groups is 2. The van der Waals surface area contributed by atoms with Gasteiger partial charge in [-0.15, -0.1) is 0 Å². The van der Waals surface area contributed by atoms with E-state index in [-0.39, 0.29) is 19.8 Å². The SMILES string of the molecule is CSC(/N=[N+](\[O-])OC(C)C)=C([N+]([O-])=NC(C)(C)C)[N+]([O-])=NC(C)(C)C. The van der Waals surface area contributed by atoms with Crippen LogP contribution in [-0.4, -0.2) is 38.2 Å². The monoisotopic (exact) mass is 376 g/mol. The molecule has 0 aromatic carbocycles. The van der Waals surface area contributed by atoms with Crippen LogP contribution in [0.3, 0.4) is 0 Å². The number of thioether (sulfide) groups is 1. The van der Waals surface area contributed by atoms with Crippen molar-refractivity contribution in [2.24, 2.45) is 15.3 Å². The summed E-state index contributed by atoms with van der Waals surface area (Å²) in [6.07, 6.45) is 1.15. The van der Waals surface area contributed by atoms with Crippen molar-refractivity contribution in [1.82, 2.24) is 0 Å². The molecule has 0 aliphatic rings. The van der Waals surface area contributed by atoms with Gasteiger partial charge in [0.25, 0.3) is 0 Å². The number of nitrogens with zero attached hydrogens (tertiary/aromatic N) is 6. The number of rotatable bonds is 6. The molecule has 0 rings (SSSR count). The van der Waals surface area contributed by atoms with Crippen molar-refractivity contribution >= 4 is 11.8 Å². The summed E-state index contributed by atoms with van der Waals surface area (Å²) in [6, 6.07) is 0. The third-order valence-electron chi connectivity index (χ3n) is 2.00. The molecule has 0 aliphatic carbocycles. The number of hydrogen-bond acceptors (Lipinski definition) is 8. The lowest BCUT2D eigenvalue weighted by atomic mass is 10.1. The third-order valence-corrected chi connectivity index (χ3v) is 2.65. The topological polar surface area (TPSA) is 125 Å². The lowest BCUT2D eigenvalue weighted by Crippen LogP contribution is -2.23. The van der Waals surface area contributed by atoms with E-state index in [4.69, 9.17) is 4.84 Å². The lowest BCUT2D eigenvalue weighted by Gasteiger charge is -2.12. The van der Waals surface area contributed by atoms with E-state index in [2.05, 4.69) is 15.3 Å². The quantitative estimate of drug-likeness (QED) is 0.388. The molecule has 0 aromatic rings. The van der Waals surface area contributed by atoms with Crippen LogP contribution >= 0.6 is 11.8 Å². The summed E-state index contributed by atoms with van der Waals surface area (Å²) >= 11 is 0.930. The van der Waals surface area contributed by atoms with Gasteiger partial charge in [-0.3, -0.25) is 0 Å². The molecule has 11 heteroatoms. The van der Waals surface area contributed by atoms with E-state index in [9.17, 15) is 15.6 Å². The first-order valence-corrected chi connectivity index (χ1v) is 8.93. The summed E-state index contributed by atoms with van der Waals surface area (Å²) in [5, 5.41) is 47.8. The third kappa shape index (κ3) is 9.85. The van der Waals surface area contributed by atoms with Crippen molar-refractivity contribution < 1.29 is 19.6 Å². The first-order valence-electron chi connectivity index (χ1n) is 7.70. The Labute approximate surface area is 152 Å². The smallest absolute Gasteiger partial charge is 0.556 e. The maximum atomic E-state index is 12.4. The van der Waals surface area contributed by atoms with Crippen molar-refractivity contribution in [3.8, 4) is 0 Å². The highest BCUT2D eigenvalue weighted by Crippen LogP contribution is 2.23. The Hall–Kier alpha value is -1.91. The highest BCUT2D eigenvalue weighted by atomic mass is 32.2. The minimum absolute atomic E-state index is 0.0354. The largest absolute Gasteiger partial charge is 0.590 e. The zero-order chi connectivity index (χ0) is 20.0. The minimum atomic E-state index is -0.745. The van der Waals surface area contributed by atoms with Gasteiger partial charge >= 0.3 is 10.9 Å². The van der Waals surface area contributed by atoms with E-state index < -0.39 is 23.0 Å². The summed E-state index contributed by atoms with van der Waals surface area (Å²) in [6.45, 7) is 13.5. The van der Waals surface area contributed by atoms with Gasteiger partial charge in [0.05, 0.1) is 11.2 Å². The second-order valence-electron chi connectivity index (χ2n) is 7.41. The highest BCUT2D eigenvalue weighted by molar-refractivity contribution is 8.02. The zero-order valence-corrected chi connectivity index (χ0v) is 17.1. The first kappa shape index (κ1) is 23.1. The van der Waals surface area contributed by atoms with Crippen LogP contribution in [0.15, 0.2) is 26.2 Å². The Morgan fingerprint density at radius 2 is 1.32 bits per heavy atom. The van der Waals surface area contributed by atoms with Gasteiger partial charge in [-0.25, -0.2) is 5.21 Å². The van der Waals surface area contributed by atoms with Gasteiger partial charge in [0.2, 0.25) is 0 Å². The van der Waals surface area contributed by atoms with Crippen LogP contribution in [0.4, 0.5) is 0 Å². The molecule has 0 unspecified atom stereocenters. The van der Waals surface area contributed by atoms with E-state index in [1.807, 2.05) is 0 Å². The van der Waals surface area contributed by atoms with Crippen molar-refractivity contribution in [2.45, 2.75) is 72.6 Å². The molecule has 0 amide bonds. The van der Waals surface area contributed by atoms with E-state index in [0.29, 0.717) is 0 Å². The predicted molar refractivity (Wildman–Crippen MR) is 94.4 cm³/mol. The number of azo groups is 2. The molecular weight excluding hydrogens is 348 g/mol. The molecule has 10 nitrogen and oxygen atoms in total. The maximum absolute atomic E-state index is 12.4. The van der Waals surface area contributed by atoms with Crippen molar-refractivity contribution in [3.63, 3.8) is 0 Å². The van der Waals surface area contributed by atoms with E-state index in [1.54, 1.807) is 61.6 Å². The van der Waals surface area contributed by atoms with E-state index in [0.717, 1.165) is 11.8 Å². The van der Waals surface area contributed by atoms with Gasteiger partial charge in [-0.1, -0.05) is 11.8 Å². The van der Waals surface area contributed by atoms with Crippen LogP contribution < -0.4 is 0 Å². The average Bonchev–Trinajstić information content (AvgIpc) is 2.32. The predicted octanol–water partition coefficient (Wildman–Crippen LogP) is 4.30. The van der Waals surface area contributed by atoms with Gasteiger partial charge in [0.1, 0.15) is 11.1 Å². The molecule has 0 aliphatic heterocycles. The molecule has 0 radical (unpaired) electrons. The van der Waals surface area contributed by atoms with Crippen LogP contribution in [0.2, 0.25) is 0 Å². The molecule has 0 saturated heterocycles. The van der Waals surface area contributed by atoms with Gasteiger partial charge in [0, 0.05) is 9.72 Å². The van der Waals surface area contributed by atoms with Crippen molar-refractivity contribution in [1.29, 1.82) is 0 Å². The summed E-state index contributed by atoms with van der Waals surface area (Å²) < 4.78 is 0. The fourth-order valence-electron chi connectivity index (χ4n) is 1.33. The molecule has 25 heavy (non-hydrogen) atoms. The van der Waals surface area contributed by atoms with Gasteiger partial charge in [0.15, 0.2) is 5.02 Å². The fraction of sp³-hybridized carbons (Fsp3) is 0.857. The molecule has 0 fully saturated rings. The maximum Gasteiger partial charge on any atom is 0.556 e. The number of hydrogen-bond donors (Lipinski definition) is 0. The molecular formula is C14H28N6O4S. The second kappa shape index (κ2) is 8.97. The zero-order valence-electron chi connectivity index (χ0n) is 16.3.